The van der Waals surface area contributed by atoms with Crippen LogP contribution < -0.4 is 4.90 Å². The zero-order valence-corrected chi connectivity index (χ0v) is 9.87. The number of carbonyl (C=O) groups is 1. The quantitative estimate of drug-likeness (QED) is 0.817. The van der Waals surface area contributed by atoms with E-state index in [1.54, 1.807) is 4.90 Å². The maximum atomic E-state index is 12.6. The summed E-state index contributed by atoms with van der Waals surface area (Å²) in [5.74, 6) is 0.263. The number of ketones is 1. The van der Waals surface area contributed by atoms with Gasteiger partial charge in [-0.1, -0.05) is 0 Å². The number of aromatic nitrogens is 1. The van der Waals surface area contributed by atoms with E-state index in [9.17, 15) is 18.0 Å². The van der Waals surface area contributed by atoms with Crippen molar-refractivity contribution in [3.8, 4) is 0 Å². The molecule has 2 heterocycles. The Bertz CT molecular complexity index is 459. The number of Topliss-reactive ketones (excluding diaryl/α,β-unsaturated/α-hetero) is 1. The van der Waals surface area contributed by atoms with Crippen LogP contribution in [0.15, 0.2) is 18.3 Å². The van der Waals surface area contributed by atoms with Crippen LogP contribution in [0, 0.1) is 5.92 Å². The number of anilines is 1. The number of alkyl halides is 3. The first-order valence-electron chi connectivity index (χ1n) is 5.66. The number of hydrogen-bond donors (Lipinski definition) is 0. The van der Waals surface area contributed by atoms with Gasteiger partial charge in [-0.15, -0.1) is 0 Å². The van der Waals surface area contributed by atoms with Crippen molar-refractivity contribution in [2.75, 3.05) is 18.0 Å². The van der Waals surface area contributed by atoms with E-state index in [0.29, 0.717) is 19.5 Å². The van der Waals surface area contributed by atoms with Crippen LogP contribution >= 0.6 is 0 Å². The van der Waals surface area contributed by atoms with Gasteiger partial charge in [0, 0.05) is 25.2 Å². The molecule has 1 atom stereocenters. The summed E-state index contributed by atoms with van der Waals surface area (Å²) in [6.07, 6.45) is -2.54. The van der Waals surface area contributed by atoms with Gasteiger partial charge in [0.25, 0.3) is 0 Å². The van der Waals surface area contributed by atoms with Crippen molar-refractivity contribution in [3.63, 3.8) is 0 Å². The summed E-state index contributed by atoms with van der Waals surface area (Å²) >= 11 is 0. The van der Waals surface area contributed by atoms with Crippen molar-refractivity contribution in [3.05, 3.63) is 23.9 Å². The van der Waals surface area contributed by atoms with E-state index in [2.05, 4.69) is 4.98 Å². The third kappa shape index (κ3) is 2.63. The normalized spacial score (nSPS) is 20.2. The van der Waals surface area contributed by atoms with Gasteiger partial charge in [-0.05, 0) is 25.5 Å². The van der Waals surface area contributed by atoms with Crippen LogP contribution in [0.5, 0.6) is 0 Å². The first-order valence-corrected chi connectivity index (χ1v) is 5.66. The first kappa shape index (κ1) is 12.9. The average molecular weight is 258 g/mol. The van der Waals surface area contributed by atoms with Crippen molar-refractivity contribution in [2.24, 2.45) is 5.92 Å². The van der Waals surface area contributed by atoms with Crippen molar-refractivity contribution in [1.82, 2.24) is 4.98 Å². The zero-order chi connectivity index (χ0) is 13.3. The monoisotopic (exact) mass is 258 g/mol. The van der Waals surface area contributed by atoms with Crippen LogP contribution in [0.1, 0.15) is 18.9 Å². The highest BCUT2D eigenvalue weighted by Gasteiger charge is 2.32. The molecule has 0 aliphatic carbocycles. The minimum absolute atomic E-state index is 0.0736. The van der Waals surface area contributed by atoms with Crippen LogP contribution in [0.3, 0.4) is 0 Å². The maximum absolute atomic E-state index is 12.6. The van der Waals surface area contributed by atoms with E-state index < -0.39 is 11.7 Å². The summed E-state index contributed by atoms with van der Waals surface area (Å²) in [5, 5.41) is 0. The van der Waals surface area contributed by atoms with Gasteiger partial charge in [-0.25, -0.2) is 4.98 Å². The Kier molecular flexibility index (Phi) is 3.28. The average Bonchev–Trinajstić information content (AvgIpc) is 2.77. The number of hydrogen-bond acceptors (Lipinski definition) is 3. The second-order valence-electron chi connectivity index (χ2n) is 4.44. The van der Waals surface area contributed by atoms with Crippen molar-refractivity contribution < 1.29 is 18.0 Å². The summed E-state index contributed by atoms with van der Waals surface area (Å²) < 4.78 is 37.7. The molecule has 1 aromatic heterocycles. The molecule has 1 aliphatic rings. The van der Waals surface area contributed by atoms with Crippen LogP contribution in [0.25, 0.3) is 0 Å². The van der Waals surface area contributed by atoms with Gasteiger partial charge in [0.15, 0.2) is 0 Å². The highest BCUT2D eigenvalue weighted by molar-refractivity contribution is 5.79. The van der Waals surface area contributed by atoms with Crippen molar-refractivity contribution in [1.29, 1.82) is 0 Å². The fourth-order valence-corrected chi connectivity index (χ4v) is 2.07. The van der Waals surface area contributed by atoms with E-state index in [1.807, 2.05) is 0 Å². The van der Waals surface area contributed by atoms with Gasteiger partial charge in [0.1, 0.15) is 11.6 Å². The largest absolute Gasteiger partial charge is 0.416 e. The van der Waals surface area contributed by atoms with E-state index in [-0.39, 0.29) is 17.5 Å². The van der Waals surface area contributed by atoms with Gasteiger partial charge in [0.2, 0.25) is 0 Å². The Morgan fingerprint density at radius 3 is 2.78 bits per heavy atom. The van der Waals surface area contributed by atoms with Gasteiger partial charge in [0.05, 0.1) is 5.56 Å². The second-order valence-corrected chi connectivity index (χ2v) is 4.44. The molecule has 0 amide bonds. The standard InChI is InChI=1S/C12H13F3N2O/c1-8(18)9-3-5-17(7-9)11-6-10(2-4-16-11)12(13,14)15/h2,4,6,9H,3,5,7H2,1H3/t9-/m0/s1. The molecule has 0 aromatic carbocycles. The predicted molar refractivity (Wildman–Crippen MR) is 60.2 cm³/mol. The lowest BCUT2D eigenvalue weighted by Crippen LogP contribution is -2.23. The molecule has 6 heteroatoms. The summed E-state index contributed by atoms with van der Waals surface area (Å²) in [7, 11) is 0. The molecular weight excluding hydrogens is 245 g/mol. The molecule has 0 spiro atoms. The third-order valence-electron chi connectivity index (χ3n) is 3.16. The molecule has 3 nitrogen and oxygen atoms in total. The molecule has 18 heavy (non-hydrogen) atoms. The molecular formula is C12H13F3N2O. The van der Waals surface area contributed by atoms with Crippen LogP contribution in [-0.2, 0) is 11.0 Å². The summed E-state index contributed by atoms with van der Waals surface area (Å²) in [4.78, 5) is 16.9. The van der Waals surface area contributed by atoms with Gasteiger partial charge in [-0.2, -0.15) is 13.2 Å². The van der Waals surface area contributed by atoms with E-state index in [0.717, 1.165) is 18.3 Å². The molecule has 2 rings (SSSR count). The third-order valence-corrected chi connectivity index (χ3v) is 3.16. The molecule has 1 saturated heterocycles. The summed E-state index contributed by atoms with van der Waals surface area (Å²) in [5.41, 5.74) is -0.709. The number of halogens is 3. The zero-order valence-electron chi connectivity index (χ0n) is 9.87. The van der Waals surface area contributed by atoms with Gasteiger partial charge >= 0.3 is 6.18 Å². The lowest BCUT2D eigenvalue weighted by molar-refractivity contribution is -0.137. The summed E-state index contributed by atoms with van der Waals surface area (Å²) in [6.45, 7) is 2.52. The fourth-order valence-electron chi connectivity index (χ4n) is 2.07. The highest BCUT2D eigenvalue weighted by Crippen LogP contribution is 2.32. The highest BCUT2D eigenvalue weighted by atomic mass is 19.4. The Morgan fingerprint density at radius 2 is 2.22 bits per heavy atom. The van der Waals surface area contributed by atoms with Crippen molar-refractivity contribution >= 4 is 11.6 Å². The lowest BCUT2D eigenvalue weighted by atomic mass is 10.1. The Hall–Kier alpha value is -1.59. The first-order chi connectivity index (χ1) is 8.38. The van der Waals surface area contributed by atoms with Crippen LogP contribution in [0.2, 0.25) is 0 Å². The summed E-state index contributed by atoms with van der Waals surface area (Å²) in [6, 6.07) is 1.98. The molecule has 0 saturated carbocycles. The van der Waals surface area contributed by atoms with Crippen LogP contribution in [-0.4, -0.2) is 23.9 Å². The molecule has 1 aliphatic heterocycles. The van der Waals surface area contributed by atoms with E-state index in [4.69, 9.17) is 0 Å². The minimum atomic E-state index is -4.36. The molecule has 0 radical (unpaired) electrons. The smallest absolute Gasteiger partial charge is 0.356 e. The Balaban J connectivity index is 2.18. The minimum Gasteiger partial charge on any atom is -0.356 e. The van der Waals surface area contributed by atoms with Gasteiger partial charge < -0.3 is 4.90 Å². The SMILES string of the molecule is CC(=O)[C@H]1CCN(c2cc(C(F)(F)F)ccn2)C1. The van der Waals surface area contributed by atoms with Gasteiger partial charge in [-0.3, -0.25) is 4.79 Å². The molecule has 98 valence electrons. The topological polar surface area (TPSA) is 33.2 Å². The second kappa shape index (κ2) is 4.59. The van der Waals surface area contributed by atoms with Crippen LogP contribution in [0.4, 0.5) is 19.0 Å². The Morgan fingerprint density at radius 1 is 1.50 bits per heavy atom. The molecule has 0 bridgehead atoms. The number of carbonyl (C=O) groups excluding carboxylic acids is 1. The van der Waals surface area contributed by atoms with E-state index >= 15 is 0 Å². The lowest BCUT2D eigenvalue weighted by Gasteiger charge is -2.18. The molecule has 0 N–H and O–H groups in total. The Labute approximate surface area is 103 Å². The fraction of sp³-hybridized carbons (Fsp3) is 0.500. The number of nitrogens with zero attached hydrogens (tertiary/aromatic N) is 2. The van der Waals surface area contributed by atoms with E-state index in [1.165, 1.54) is 6.92 Å². The van der Waals surface area contributed by atoms with Crippen molar-refractivity contribution in [2.45, 2.75) is 19.5 Å². The predicted octanol–water partition coefficient (Wildman–Crippen LogP) is 2.52. The molecule has 1 aromatic rings. The maximum Gasteiger partial charge on any atom is 0.416 e. The molecule has 0 unspecified atom stereocenters. The molecule has 1 fully saturated rings. The number of rotatable bonds is 2. The number of pyridine rings is 1.